The highest BCUT2D eigenvalue weighted by Crippen LogP contribution is 2.25. The minimum atomic E-state index is -3.78. The number of amides is 1. The number of rotatable bonds is 9. The number of ketones is 1. The lowest BCUT2D eigenvalue weighted by Crippen LogP contribution is -2.48. The number of hydrogen-bond donors (Lipinski definition) is 1. The van der Waals surface area contributed by atoms with Gasteiger partial charge in [0.2, 0.25) is 15.9 Å². The number of ether oxygens (including phenoxy) is 1. The molecule has 1 unspecified atom stereocenters. The predicted molar refractivity (Wildman–Crippen MR) is 127 cm³/mol. The molecule has 9 heteroatoms. The van der Waals surface area contributed by atoms with Crippen LogP contribution in [0.2, 0.25) is 0 Å². The molecule has 1 fully saturated rings. The van der Waals surface area contributed by atoms with Gasteiger partial charge in [-0.25, -0.2) is 13.2 Å². The van der Waals surface area contributed by atoms with Gasteiger partial charge in [0, 0.05) is 31.0 Å². The van der Waals surface area contributed by atoms with Crippen molar-refractivity contribution in [1.29, 1.82) is 0 Å². The smallest absolute Gasteiger partial charge is 0.328 e. The Hall–Kier alpha value is -3.04. The Kier molecular flexibility index (Phi) is 8.57. The Morgan fingerprint density at radius 2 is 1.74 bits per heavy atom. The number of carbonyl (C=O) groups is 3. The number of piperidine rings is 1. The molecular formula is C25H30N2O6S. The summed E-state index contributed by atoms with van der Waals surface area (Å²) < 4.78 is 32.5. The molecule has 1 N–H and O–H groups in total. The Balaban J connectivity index is 1.64. The second-order valence-corrected chi connectivity index (χ2v) is 10.2. The molecule has 34 heavy (non-hydrogen) atoms. The summed E-state index contributed by atoms with van der Waals surface area (Å²) in [6.07, 6.45) is 0.974. The highest BCUT2D eigenvalue weighted by Gasteiger charge is 2.34. The molecule has 0 bridgehead atoms. The number of benzene rings is 2. The summed E-state index contributed by atoms with van der Waals surface area (Å²) in [7, 11) is -3.78. The van der Waals surface area contributed by atoms with E-state index in [1.807, 2.05) is 30.3 Å². The Bertz CT molecular complexity index is 1130. The zero-order valence-corrected chi connectivity index (χ0v) is 20.2. The zero-order chi connectivity index (χ0) is 24.7. The highest BCUT2D eigenvalue weighted by molar-refractivity contribution is 7.89. The van der Waals surface area contributed by atoms with E-state index in [0.717, 1.165) is 5.56 Å². The van der Waals surface area contributed by atoms with E-state index < -0.39 is 28.0 Å². The standard InChI is InChI=1S/C25H30N2O6S/c1-3-33-25(30)23(16-19-8-5-4-6-9-19)26-24(29)20-12-14-27(15-13-20)34(31,32)22-11-7-10-21(17-22)18(2)28/h4-11,17,20,23H,3,12-16H2,1-2H3,(H,26,29). The van der Waals surface area contributed by atoms with Crippen molar-refractivity contribution in [3.63, 3.8) is 0 Å². The number of hydrogen-bond acceptors (Lipinski definition) is 6. The van der Waals surface area contributed by atoms with Crippen LogP contribution in [-0.4, -0.2) is 56.1 Å². The van der Waals surface area contributed by atoms with E-state index in [9.17, 15) is 22.8 Å². The summed E-state index contributed by atoms with van der Waals surface area (Å²) in [5.74, 6) is -1.41. The van der Waals surface area contributed by atoms with Crippen molar-refractivity contribution >= 4 is 27.7 Å². The van der Waals surface area contributed by atoms with E-state index in [2.05, 4.69) is 5.32 Å². The number of Topliss-reactive ketones (excluding diaryl/α,β-unsaturated/α-hetero) is 1. The summed E-state index contributed by atoms with van der Waals surface area (Å²) in [6.45, 7) is 3.65. The average Bonchev–Trinajstić information content (AvgIpc) is 2.84. The number of sulfonamides is 1. The van der Waals surface area contributed by atoms with Crippen LogP contribution in [0.15, 0.2) is 59.5 Å². The van der Waals surface area contributed by atoms with Crippen molar-refractivity contribution in [2.45, 2.75) is 44.0 Å². The number of esters is 1. The van der Waals surface area contributed by atoms with Crippen molar-refractivity contribution in [2.75, 3.05) is 19.7 Å². The van der Waals surface area contributed by atoms with Gasteiger partial charge in [-0.1, -0.05) is 42.5 Å². The third-order valence-electron chi connectivity index (χ3n) is 5.87. The molecule has 1 heterocycles. The van der Waals surface area contributed by atoms with Crippen molar-refractivity contribution in [3.8, 4) is 0 Å². The van der Waals surface area contributed by atoms with Crippen molar-refractivity contribution in [2.24, 2.45) is 5.92 Å². The zero-order valence-electron chi connectivity index (χ0n) is 19.4. The maximum absolute atomic E-state index is 13.0. The number of nitrogens with one attached hydrogen (secondary N) is 1. The fourth-order valence-electron chi connectivity index (χ4n) is 3.96. The van der Waals surface area contributed by atoms with Crippen LogP contribution >= 0.6 is 0 Å². The first kappa shape index (κ1) is 25.6. The van der Waals surface area contributed by atoms with Gasteiger partial charge in [0.25, 0.3) is 0 Å². The van der Waals surface area contributed by atoms with Crippen LogP contribution in [0.25, 0.3) is 0 Å². The molecule has 1 aliphatic rings. The third-order valence-corrected chi connectivity index (χ3v) is 7.77. The molecule has 1 amide bonds. The molecule has 1 aliphatic heterocycles. The van der Waals surface area contributed by atoms with E-state index in [-0.39, 0.29) is 36.3 Å². The van der Waals surface area contributed by atoms with Crippen LogP contribution in [0.1, 0.15) is 42.6 Å². The van der Waals surface area contributed by atoms with Gasteiger partial charge < -0.3 is 10.1 Å². The van der Waals surface area contributed by atoms with E-state index >= 15 is 0 Å². The van der Waals surface area contributed by atoms with Gasteiger partial charge in [0.05, 0.1) is 11.5 Å². The molecule has 3 rings (SSSR count). The lowest BCUT2D eigenvalue weighted by molar-refractivity contribution is -0.148. The van der Waals surface area contributed by atoms with Crippen LogP contribution in [0.5, 0.6) is 0 Å². The Labute approximate surface area is 200 Å². The Morgan fingerprint density at radius 1 is 1.06 bits per heavy atom. The molecule has 0 aliphatic carbocycles. The lowest BCUT2D eigenvalue weighted by atomic mass is 9.96. The fraction of sp³-hybridized carbons (Fsp3) is 0.400. The summed E-state index contributed by atoms with van der Waals surface area (Å²) in [6, 6.07) is 14.5. The summed E-state index contributed by atoms with van der Waals surface area (Å²) in [5.41, 5.74) is 1.23. The molecule has 0 radical (unpaired) electrons. The Morgan fingerprint density at radius 3 is 2.35 bits per heavy atom. The highest BCUT2D eigenvalue weighted by atomic mass is 32.2. The van der Waals surface area contributed by atoms with E-state index in [0.29, 0.717) is 24.8 Å². The first-order valence-corrected chi connectivity index (χ1v) is 12.8. The molecule has 0 spiro atoms. The largest absolute Gasteiger partial charge is 0.464 e. The maximum Gasteiger partial charge on any atom is 0.328 e. The molecule has 1 saturated heterocycles. The van der Waals surface area contributed by atoms with Crippen LogP contribution < -0.4 is 5.32 Å². The molecule has 0 aromatic heterocycles. The molecule has 8 nitrogen and oxygen atoms in total. The second-order valence-electron chi connectivity index (χ2n) is 8.27. The van der Waals surface area contributed by atoms with Gasteiger partial charge in [-0.05, 0) is 44.4 Å². The average molecular weight is 487 g/mol. The van der Waals surface area contributed by atoms with Gasteiger partial charge in [-0.15, -0.1) is 0 Å². The van der Waals surface area contributed by atoms with Crippen molar-refractivity contribution < 1.29 is 27.5 Å². The fourth-order valence-corrected chi connectivity index (χ4v) is 5.47. The summed E-state index contributed by atoms with van der Waals surface area (Å²) in [5, 5.41) is 2.81. The molecule has 0 saturated carbocycles. The van der Waals surface area contributed by atoms with Crippen LogP contribution in [-0.2, 0) is 30.8 Å². The summed E-state index contributed by atoms with van der Waals surface area (Å²) in [4.78, 5) is 37.1. The molecule has 1 atom stereocenters. The third kappa shape index (κ3) is 6.30. The molecule has 182 valence electrons. The van der Waals surface area contributed by atoms with Crippen LogP contribution in [0.3, 0.4) is 0 Å². The topological polar surface area (TPSA) is 110 Å². The van der Waals surface area contributed by atoms with Crippen molar-refractivity contribution in [1.82, 2.24) is 9.62 Å². The molecule has 2 aromatic rings. The van der Waals surface area contributed by atoms with E-state index in [1.54, 1.807) is 19.1 Å². The SMILES string of the molecule is CCOC(=O)C(Cc1ccccc1)NC(=O)C1CCN(S(=O)(=O)c2cccc(C(C)=O)c2)CC1. The minimum Gasteiger partial charge on any atom is -0.464 e. The lowest BCUT2D eigenvalue weighted by Gasteiger charge is -2.31. The minimum absolute atomic E-state index is 0.0633. The van der Waals surface area contributed by atoms with E-state index in [1.165, 1.54) is 23.4 Å². The predicted octanol–water partition coefficient (Wildman–Crippen LogP) is 2.58. The normalized spacial score (nSPS) is 15.9. The quantitative estimate of drug-likeness (QED) is 0.431. The van der Waals surface area contributed by atoms with Gasteiger partial charge >= 0.3 is 5.97 Å². The molecule has 2 aromatic carbocycles. The first-order valence-electron chi connectivity index (χ1n) is 11.3. The van der Waals surface area contributed by atoms with Crippen LogP contribution in [0.4, 0.5) is 0 Å². The van der Waals surface area contributed by atoms with Gasteiger partial charge in [-0.3, -0.25) is 9.59 Å². The van der Waals surface area contributed by atoms with E-state index in [4.69, 9.17) is 4.74 Å². The first-order chi connectivity index (χ1) is 16.2. The van der Waals surface area contributed by atoms with Gasteiger partial charge in [0.15, 0.2) is 5.78 Å². The van der Waals surface area contributed by atoms with Gasteiger partial charge in [-0.2, -0.15) is 4.31 Å². The summed E-state index contributed by atoms with van der Waals surface area (Å²) >= 11 is 0. The van der Waals surface area contributed by atoms with Crippen molar-refractivity contribution in [3.05, 3.63) is 65.7 Å². The second kappa shape index (κ2) is 11.4. The molecular weight excluding hydrogens is 456 g/mol. The maximum atomic E-state index is 13.0. The number of nitrogens with zero attached hydrogens (tertiary/aromatic N) is 1. The number of carbonyl (C=O) groups excluding carboxylic acids is 3. The van der Waals surface area contributed by atoms with Crippen LogP contribution in [0, 0.1) is 5.92 Å². The van der Waals surface area contributed by atoms with Gasteiger partial charge in [0.1, 0.15) is 6.04 Å². The monoisotopic (exact) mass is 486 g/mol.